The fraction of sp³-hybridized carbons (Fsp3) is 0.0588. The van der Waals surface area contributed by atoms with E-state index in [4.69, 9.17) is 9.47 Å². The van der Waals surface area contributed by atoms with Gasteiger partial charge in [-0.1, -0.05) is 12.1 Å². The zero-order chi connectivity index (χ0) is 17.6. The molecule has 2 aromatic rings. The number of amides is 1. The predicted octanol–water partition coefficient (Wildman–Crippen LogP) is 2.75. The minimum Gasteiger partial charge on any atom is -0.454 e. The fourth-order valence-corrected chi connectivity index (χ4v) is 2.18. The Morgan fingerprint density at radius 3 is 2.84 bits per heavy atom. The normalized spacial score (nSPS) is 12.6. The molecule has 1 heterocycles. The highest BCUT2D eigenvalue weighted by molar-refractivity contribution is 5.95. The van der Waals surface area contributed by atoms with Crippen molar-refractivity contribution >= 4 is 23.9 Å². The SMILES string of the molecule is O=C(N/N=C\C=C\c1ccccc1[N+](=O)[O-])c1ccc2c(c1)OCO2. The number of nitro benzene ring substituents is 1. The number of carbonyl (C=O) groups is 1. The van der Waals surface area contributed by atoms with E-state index in [2.05, 4.69) is 10.5 Å². The number of nitrogens with zero attached hydrogens (tertiary/aromatic N) is 2. The van der Waals surface area contributed by atoms with Crippen LogP contribution in [0.4, 0.5) is 5.69 Å². The largest absolute Gasteiger partial charge is 0.454 e. The van der Waals surface area contributed by atoms with Crippen molar-refractivity contribution in [2.24, 2.45) is 5.10 Å². The lowest BCUT2D eigenvalue weighted by atomic mass is 10.1. The van der Waals surface area contributed by atoms with E-state index in [0.29, 0.717) is 22.6 Å². The van der Waals surface area contributed by atoms with Gasteiger partial charge in [0.15, 0.2) is 11.5 Å². The van der Waals surface area contributed by atoms with E-state index in [1.807, 2.05) is 0 Å². The predicted molar refractivity (Wildman–Crippen MR) is 90.7 cm³/mol. The number of allylic oxidation sites excluding steroid dienone is 1. The lowest BCUT2D eigenvalue weighted by molar-refractivity contribution is -0.385. The molecular formula is C17H13N3O5. The number of rotatable bonds is 5. The molecule has 0 aromatic heterocycles. The molecular weight excluding hydrogens is 326 g/mol. The highest BCUT2D eigenvalue weighted by Crippen LogP contribution is 2.32. The minimum absolute atomic E-state index is 0.00320. The van der Waals surface area contributed by atoms with Crippen LogP contribution in [0.25, 0.3) is 6.08 Å². The van der Waals surface area contributed by atoms with Gasteiger partial charge in [-0.05, 0) is 36.4 Å². The second-order valence-corrected chi connectivity index (χ2v) is 4.96. The van der Waals surface area contributed by atoms with E-state index in [1.54, 1.807) is 36.4 Å². The van der Waals surface area contributed by atoms with Gasteiger partial charge in [-0.2, -0.15) is 5.10 Å². The van der Waals surface area contributed by atoms with Gasteiger partial charge in [0.05, 0.1) is 10.5 Å². The Labute approximate surface area is 142 Å². The molecule has 0 radical (unpaired) electrons. The maximum atomic E-state index is 12.0. The second kappa shape index (κ2) is 7.26. The molecule has 3 rings (SSSR count). The summed E-state index contributed by atoms with van der Waals surface area (Å²) in [5.74, 6) is 0.689. The number of hydrazone groups is 1. The standard InChI is InChI=1S/C17H13N3O5/c21-17(13-7-8-15-16(10-13)25-11-24-15)19-18-9-3-5-12-4-1-2-6-14(12)20(22)23/h1-10H,11H2,(H,19,21)/b5-3+,18-9-. The van der Waals surface area contributed by atoms with Gasteiger partial charge in [0.2, 0.25) is 6.79 Å². The van der Waals surface area contributed by atoms with Crippen molar-refractivity contribution in [2.75, 3.05) is 6.79 Å². The first-order chi connectivity index (χ1) is 12.1. The van der Waals surface area contributed by atoms with E-state index in [0.717, 1.165) is 0 Å². The molecule has 1 aliphatic heterocycles. The number of hydrogen-bond acceptors (Lipinski definition) is 6. The average Bonchev–Trinajstić information content (AvgIpc) is 3.09. The minimum atomic E-state index is -0.460. The molecule has 8 heteroatoms. The van der Waals surface area contributed by atoms with Gasteiger partial charge in [-0.15, -0.1) is 0 Å². The van der Waals surface area contributed by atoms with Crippen molar-refractivity contribution < 1.29 is 19.2 Å². The number of nitrogens with one attached hydrogen (secondary N) is 1. The number of ether oxygens (including phenoxy) is 2. The fourth-order valence-electron chi connectivity index (χ4n) is 2.18. The van der Waals surface area contributed by atoms with Gasteiger partial charge in [0.1, 0.15) is 0 Å². The van der Waals surface area contributed by atoms with Gasteiger partial charge in [-0.25, -0.2) is 5.43 Å². The first-order valence-corrected chi connectivity index (χ1v) is 7.28. The third-order valence-electron chi connectivity index (χ3n) is 3.37. The zero-order valence-corrected chi connectivity index (χ0v) is 12.9. The lowest BCUT2D eigenvalue weighted by Gasteiger charge is -2.01. The summed E-state index contributed by atoms with van der Waals surface area (Å²) in [5.41, 5.74) is 3.18. The smallest absolute Gasteiger partial charge is 0.276 e. The van der Waals surface area contributed by atoms with Crippen LogP contribution in [0.2, 0.25) is 0 Å². The number of carbonyl (C=O) groups excluding carboxylic acids is 1. The van der Waals surface area contributed by atoms with Gasteiger partial charge in [-0.3, -0.25) is 14.9 Å². The van der Waals surface area contributed by atoms with Crippen LogP contribution in [-0.2, 0) is 0 Å². The third-order valence-corrected chi connectivity index (χ3v) is 3.37. The van der Waals surface area contributed by atoms with Crippen molar-refractivity contribution in [1.82, 2.24) is 5.43 Å². The topological polar surface area (TPSA) is 103 Å². The van der Waals surface area contributed by atoms with Gasteiger partial charge in [0, 0.05) is 17.8 Å². The molecule has 0 saturated heterocycles. The Bertz CT molecular complexity index is 876. The summed E-state index contributed by atoms with van der Waals surface area (Å²) in [4.78, 5) is 22.4. The summed E-state index contributed by atoms with van der Waals surface area (Å²) in [6, 6.07) is 11.1. The number of fused-ring (bicyclic) bond motifs is 1. The van der Waals surface area contributed by atoms with E-state index in [-0.39, 0.29) is 12.5 Å². The Hall–Kier alpha value is -3.68. The molecule has 0 saturated carbocycles. The summed E-state index contributed by atoms with van der Waals surface area (Å²) in [5, 5.41) is 14.7. The molecule has 1 N–H and O–H groups in total. The molecule has 0 aliphatic carbocycles. The number of para-hydroxylation sites is 1. The quantitative estimate of drug-likeness (QED) is 0.512. The van der Waals surface area contributed by atoms with Crippen molar-refractivity contribution in [1.29, 1.82) is 0 Å². The third kappa shape index (κ3) is 3.81. The number of hydrogen-bond donors (Lipinski definition) is 1. The van der Waals surface area contributed by atoms with Crippen LogP contribution < -0.4 is 14.9 Å². The first-order valence-electron chi connectivity index (χ1n) is 7.28. The van der Waals surface area contributed by atoms with Crippen LogP contribution in [0.15, 0.2) is 53.6 Å². The molecule has 2 aromatic carbocycles. The molecule has 126 valence electrons. The second-order valence-electron chi connectivity index (χ2n) is 4.96. The summed E-state index contributed by atoms with van der Waals surface area (Å²) < 4.78 is 10.4. The molecule has 0 unspecified atom stereocenters. The van der Waals surface area contributed by atoms with E-state index >= 15 is 0 Å². The maximum Gasteiger partial charge on any atom is 0.276 e. The van der Waals surface area contributed by atoms with E-state index < -0.39 is 10.8 Å². The Balaban J connectivity index is 1.60. The molecule has 0 bridgehead atoms. The lowest BCUT2D eigenvalue weighted by Crippen LogP contribution is -2.17. The van der Waals surface area contributed by atoms with Crippen molar-refractivity contribution in [3.8, 4) is 11.5 Å². The van der Waals surface area contributed by atoms with Crippen LogP contribution in [0, 0.1) is 10.1 Å². The van der Waals surface area contributed by atoms with Crippen LogP contribution in [-0.4, -0.2) is 23.8 Å². The van der Waals surface area contributed by atoms with E-state index in [1.165, 1.54) is 24.4 Å². The van der Waals surface area contributed by atoms with Gasteiger partial charge in [0.25, 0.3) is 11.6 Å². The Morgan fingerprint density at radius 1 is 1.20 bits per heavy atom. The van der Waals surface area contributed by atoms with Crippen LogP contribution in [0.3, 0.4) is 0 Å². The van der Waals surface area contributed by atoms with Crippen molar-refractivity contribution in [3.05, 3.63) is 69.8 Å². The van der Waals surface area contributed by atoms with Crippen molar-refractivity contribution in [3.63, 3.8) is 0 Å². The van der Waals surface area contributed by atoms with Crippen LogP contribution in [0.5, 0.6) is 11.5 Å². The van der Waals surface area contributed by atoms with Crippen molar-refractivity contribution in [2.45, 2.75) is 0 Å². The summed E-state index contributed by atoms with van der Waals surface area (Å²) in [6.45, 7) is 0.134. The summed E-state index contributed by atoms with van der Waals surface area (Å²) in [6.07, 6.45) is 4.37. The molecule has 0 spiro atoms. The zero-order valence-electron chi connectivity index (χ0n) is 12.9. The Morgan fingerprint density at radius 2 is 2.00 bits per heavy atom. The summed E-state index contributed by atoms with van der Waals surface area (Å²) >= 11 is 0. The van der Waals surface area contributed by atoms with Crippen LogP contribution in [0.1, 0.15) is 15.9 Å². The molecule has 1 aliphatic rings. The highest BCUT2D eigenvalue weighted by atomic mass is 16.7. The molecule has 1 amide bonds. The van der Waals surface area contributed by atoms with Crippen LogP contribution >= 0.6 is 0 Å². The monoisotopic (exact) mass is 339 g/mol. The first kappa shape index (κ1) is 16.2. The Kier molecular flexibility index (Phi) is 4.70. The maximum absolute atomic E-state index is 12.0. The summed E-state index contributed by atoms with van der Waals surface area (Å²) in [7, 11) is 0. The highest BCUT2D eigenvalue weighted by Gasteiger charge is 2.15. The average molecular weight is 339 g/mol. The molecule has 25 heavy (non-hydrogen) atoms. The van der Waals surface area contributed by atoms with E-state index in [9.17, 15) is 14.9 Å². The number of nitro groups is 1. The number of benzene rings is 2. The van der Waals surface area contributed by atoms with Gasteiger partial charge >= 0.3 is 0 Å². The molecule has 0 atom stereocenters. The van der Waals surface area contributed by atoms with Gasteiger partial charge < -0.3 is 9.47 Å². The molecule has 0 fully saturated rings. The molecule has 8 nitrogen and oxygen atoms in total.